The van der Waals surface area contributed by atoms with Crippen molar-refractivity contribution in [3.8, 4) is 22.3 Å². The first kappa shape index (κ1) is 41.7. The molecule has 0 N–H and O–H groups in total. The van der Waals surface area contributed by atoms with Crippen LogP contribution in [0.2, 0.25) is 0 Å². The highest BCUT2D eigenvalue weighted by atomic mass is 15.1. The van der Waals surface area contributed by atoms with Crippen molar-refractivity contribution in [1.82, 2.24) is 0 Å². The highest BCUT2D eigenvalue weighted by Gasteiger charge is 2.20. The van der Waals surface area contributed by atoms with Gasteiger partial charge in [-0.2, -0.15) is 0 Å². The maximum atomic E-state index is 2.36. The van der Waals surface area contributed by atoms with E-state index in [1.54, 1.807) is 0 Å². The summed E-state index contributed by atoms with van der Waals surface area (Å²) in [7, 11) is 0. The fourth-order valence-corrected chi connectivity index (χ4v) is 9.33. The zero-order valence-corrected chi connectivity index (χ0v) is 37.6. The highest BCUT2D eigenvalue weighted by Crippen LogP contribution is 2.44. The molecule has 11 aromatic rings. The van der Waals surface area contributed by atoms with Gasteiger partial charge in [-0.05, 0) is 140 Å². The van der Waals surface area contributed by atoms with Gasteiger partial charge in [0, 0.05) is 33.9 Å². The SMILES string of the molecule is C(=Cc1c(-c2ccc3cc4cc(-c5cccc(N(c6ccccc6)c6ccccc6)c5C=Cc5ccccc5)ccc4cc3c2)cccc1N(c1ccccc1)c1ccccc1)c1ccccc1. The van der Waals surface area contributed by atoms with E-state index in [4.69, 9.17) is 0 Å². The van der Waals surface area contributed by atoms with Gasteiger partial charge in [0.15, 0.2) is 0 Å². The lowest BCUT2D eigenvalue weighted by Crippen LogP contribution is -2.11. The van der Waals surface area contributed by atoms with Crippen LogP contribution in [-0.4, -0.2) is 0 Å². The van der Waals surface area contributed by atoms with Gasteiger partial charge in [-0.25, -0.2) is 0 Å². The van der Waals surface area contributed by atoms with Crippen molar-refractivity contribution in [3.63, 3.8) is 0 Å². The summed E-state index contributed by atoms with van der Waals surface area (Å²) in [6.07, 6.45) is 9.01. The molecule has 0 spiro atoms. The van der Waals surface area contributed by atoms with Crippen LogP contribution in [-0.2, 0) is 0 Å². The predicted molar refractivity (Wildman–Crippen MR) is 292 cm³/mol. The van der Waals surface area contributed by atoms with E-state index in [0.717, 1.165) is 67.5 Å². The topological polar surface area (TPSA) is 6.48 Å². The van der Waals surface area contributed by atoms with Crippen LogP contribution in [0.5, 0.6) is 0 Å². The number of fused-ring (bicyclic) bond motifs is 2. The Labute approximate surface area is 399 Å². The lowest BCUT2D eigenvalue weighted by atomic mass is 9.92. The van der Waals surface area contributed by atoms with Crippen LogP contribution < -0.4 is 9.80 Å². The number of nitrogens with zero attached hydrogens (tertiary/aromatic N) is 2. The van der Waals surface area contributed by atoms with E-state index in [2.05, 4.69) is 301 Å². The molecule has 0 saturated heterocycles. The second-order valence-electron chi connectivity index (χ2n) is 17.0. The molecule has 0 saturated carbocycles. The fraction of sp³-hybridized carbons (Fsp3) is 0. The molecule has 68 heavy (non-hydrogen) atoms. The Morgan fingerprint density at radius 2 is 0.559 bits per heavy atom. The van der Waals surface area contributed by atoms with E-state index >= 15 is 0 Å². The molecular formula is C66H48N2. The van der Waals surface area contributed by atoms with Crippen molar-refractivity contribution < 1.29 is 0 Å². The number of benzene rings is 11. The minimum absolute atomic E-state index is 1.10. The Morgan fingerprint density at radius 3 is 0.897 bits per heavy atom. The number of rotatable bonds is 12. The Kier molecular flexibility index (Phi) is 11.8. The molecule has 0 aliphatic heterocycles. The van der Waals surface area contributed by atoms with Crippen molar-refractivity contribution >= 4 is 80.0 Å². The first-order valence-electron chi connectivity index (χ1n) is 23.2. The van der Waals surface area contributed by atoms with Crippen molar-refractivity contribution in [2.45, 2.75) is 0 Å². The van der Waals surface area contributed by atoms with Crippen molar-refractivity contribution in [3.05, 3.63) is 289 Å². The Hall–Kier alpha value is -8.98. The van der Waals surface area contributed by atoms with Crippen LogP contribution in [0.1, 0.15) is 22.3 Å². The number of anilines is 6. The molecule has 0 aliphatic rings. The summed E-state index contributed by atoms with van der Waals surface area (Å²) >= 11 is 0. The summed E-state index contributed by atoms with van der Waals surface area (Å²) < 4.78 is 0. The number of hydrogen-bond acceptors (Lipinski definition) is 2. The first-order chi connectivity index (χ1) is 33.7. The van der Waals surface area contributed by atoms with Crippen molar-refractivity contribution in [1.29, 1.82) is 0 Å². The Balaban J connectivity index is 1.03. The van der Waals surface area contributed by atoms with E-state index in [-0.39, 0.29) is 0 Å². The second-order valence-corrected chi connectivity index (χ2v) is 17.0. The van der Waals surface area contributed by atoms with Gasteiger partial charge in [-0.15, -0.1) is 0 Å². The molecule has 11 aromatic carbocycles. The fourth-order valence-electron chi connectivity index (χ4n) is 9.33. The van der Waals surface area contributed by atoms with Crippen LogP contribution in [0.15, 0.2) is 267 Å². The summed E-state index contributed by atoms with van der Waals surface area (Å²) in [5.74, 6) is 0. The molecule has 2 nitrogen and oxygen atoms in total. The van der Waals surface area contributed by atoms with Gasteiger partial charge in [-0.1, -0.05) is 206 Å². The third-order valence-corrected chi connectivity index (χ3v) is 12.6. The number of hydrogen-bond donors (Lipinski definition) is 0. The van der Waals surface area contributed by atoms with Crippen LogP contribution in [0.4, 0.5) is 34.1 Å². The zero-order chi connectivity index (χ0) is 45.5. The van der Waals surface area contributed by atoms with Gasteiger partial charge < -0.3 is 9.80 Å². The largest absolute Gasteiger partial charge is 0.310 e. The molecule has 0 radical (unpaired) electrons. The predicted octanol–water partition coefficient (Wildman–Crippen LogP) is 18.6. The standard InChI is InChI=1S/C66H48N2/c1-7-21-49(22-8-1)37-43-63-61(33-19-35-65(63)67(57-25-11-3-12-26-57)58-27-13-4-14-28-58)53-41-39-51-46-56-48-54(42-40-52(56)45-55(51)47-53)62-34-20-36-66(64(62)44-38-50-23-9-2-10-24-50)68(59-29-15-5-16-30-59)60-31-17-6-18-32-60/h1-48H. The van der Waals surface area contributed by atoms with Gasteiger partial charge in [-0.3, -0.25) is 0 Å². The van der Waals surface area contributed by atoms with E-state index in [9.17, 15) is 0 Å². The molecule has 2 heteroatoms. The maximum Gasteiger partial charge on any atom is 0.0540 e. The molecule has 0 bridgehead atoms. The molecule has 0 fully saturated rings. The summed E-state index contributed by atoms with van der Waals surface area (Å²) in [6.45, 7) is 0. The summed E-state index contributed by atoms with van der Waals surface area (Å²) in [4.78, 5) is 4.72. The molecule has 0 aromatic heterocycles. The normalized spacial score (nSPS) is 11.4. The van der Waals surface area contributed by atoms with E-state index in [1.165, 1.54) is 32.7 Å². The lowest BCUT2D eigenvalue weighted by Gasteiger charge is -2.28. The Bertz CT molecular complexity index is 3210. The molecule has 322 valence electrons. The average molecular weight is 869 g/mol. The second kappa shape index (κ2) is 19.2. The van der Waals surface area contributed by atoms with Crippen LogP contribution in [0.3, 0.4) is 0 Å². The Morgan fingerprint density at radius 1 is 0.235 bits per heavy atom. The summed E-state index contributed by atoms with van der Waals surface area (Å²) in [5, 5.41) is 4.79. The average Bonchev–Trinajstić information content (AvgIpc) is 3.41. The molecule has 0 amide bonds. The van der Waals surface area contributed by atoms with Crippen LogP contribution in [0, 0.1) is 0 Å². The summed E-state index contributed by atoms with van der Waals surface area (Å²) in [6, 6.07) is 95.6. The van der Waals surface area contributed by atoms with E-state index in [1.807, 2.05) is 0 Å². The molecular weight excluding hydrogens is 821 g/mol. The minimum Gasteiger partial charge on any atom is -0.310 e. The third kappa shape index (κ3) is 8.75. The highest BCUT2D eigenvalue weighted by molar-refractivity contribution is 6.03. The zero-order valence-electron chi connectivity index (χ0n) is 37.6. The van der Waals surface area contributed by atoms with Gasteiger partial charge in [0.2, 0.25) is 0 Å². The molecule has 0 aliphatic carbocycles. The summed E-state index contributed by atoms with van der Waals surface area (Å²) in [5.41, 5.74) is 15.9. The van der Waals surface area contributed by atoms with Crippen molar-refractivity contribution in [2.24, 2.45) is 0 Å². The molecule has 0 heterocycles. The first-order valence-corrected chi connectivity index (χ1v) is 23.2. The molecule has 11 rings (SSSR count). The monoisotopic (exact) mass is 868 g/mol. The quantitative estimate of drug-likeness (QED) is 0.0892. The molecule has 0 atom stereocenters. The third-order valence-electron chi connectivity index (χ3n) is 12.6. The minimum atomic E-state index is 1.10. The van der Waals surface area contributed by atoms with Crippen LogP contribution >= 0.6 is 0 Å². The molecule has 0 unspecified atom stereocenters. The lowest BCUT2D eigenvalue weighted by molar-refractivity contribution is 1.28. The van der Waals surface area contributed by atoms with Gasteiger partial charge in [0.05, 0.1) is 11.4 Å². The maximum absolute atomic E-state index is 2.36. The van der Waals surface area contributed by atoms with Gasteiger partial charge in [0.1, 0.15) is 0 Å². The number of para-hydroxylation sites is 4. The van der Waals surface area contributed by atoms with Gasteiger partial charge >= 0.3 is 0 Å². The van der Waals surface area contributed by atoms with Crippen molar-refractivity contribution in [2.75, 3.05) is 9.80 Å². The van der Waals surface area contributed by atoms with Crippen LogP contribution in [0.25, 0.3) is 68.1 Å². The smallest absolute Gasteiger partial charge is 0.0540 e. The van der Waals surface area contributed by atoms with Gasteiger partial charge in [0.25, 0.3) is 0 Å². The van der Waals surface area contributed by atoms with E-state index in [0.29, 0.717) is 0 Å². The van der Waals surface area contributed by atoms with E-state index < -0.39 is 0 Å².